The summed E-state index contributed by atoms with van der Waals surface area (Å²) in [6, 6.07) is 3.99. The summed E-state index contributed by atoms with van der Waals surface area (Å²) in [6.07, 6.45) is 0.765. The van der Waals surface area contributed by atoms with Gasteiger partial charge in [-0.05, 0) is 32.4 Å². The van der Waals surface area contributed by atoms with Crippen LogP contribution in [0.4, 0.5) is 14.5 Å². The Morgan fingerprint density at radius 2 is 2.00 bits per heavy atom. The van der Waals surface area contributed by atoms with E-state index in [-0.39, 0.29) is 35.7 Å². The summed E-state index contributed by atoms with van der Waals surface area (Å²) in [4.78, 5) is 6.29. The van der Waals surface area contributed by atoms with Gasteiger partial charge < -0.3 is 20.1 Å². The number of para-hydroxylation sites is 1. The summed E-state index contributed by atoms with van der Waals surface area (Å²) in [5.74, 6) is 1.18. The summed E-state index contributed by atoms with van der Waals surface area (Å²) in [5.41, 5.74) is 0.0401. The SMILES string of the molecule is CCNC(=NCc1nnc(C)n1C)NC1CCN(c2c(F)cccc2F)C1.I. The first-order valence-electron chi connectivity index (χ1n) is 9.08. The highest BCUT2D eigenvalue weighted by Gasteiger charge is 2.27. The molecule has 0 spiro atoms. The van der Waals surface area contributed by atoms with Gasteiger partial charge in [-0.25, -0.2) is 13.8 Å². The minimum absolute atomic E-state index is 0. The van der Waals surface area contributed by atoms with E-state index in [9.17, 15) is 8.78 Å². The van der Waals surface area contributed by atoms with Gasteiger partial charge in [0.2, 0.25) is 0 Å². The number of benzene rings is 1. The number of nitrogens with zero attached hydrogens (tertiary/aromatic N) is 5. The maximum Gasteiger partial charge on any atom is 0.191 e. The molecule has 1 aliphatic rings. The van der Waals surface area contributed by atoms with Crippen LogP contribution in [0.15, 0.2) is 23.2 Å². The van der Waals surface area contributed by atoms with E-state index in [4.69, 9.17) is 0 Å². The fourth-order valence-corrected chi connectivity index (χ4v) is 3.12. The van der Waals surface area contributed by atoms with Gasteiger partial charge in [-0.15, -0.1) is 34.2 Å². The molecule has 1 aliphatic heterocycles. The molecule has 0 radical (unpaired) electrons. The van der Waals surface area contributed by atoms with Crippen molar-refractivity contribution in [2.75, 3.05) is 24.5 Å². The second-order valence-electron chi connectivity index (χ2n) is 6.56. The molecule has 1 unspecified atom stereocenters. The lowest BCUT2D eigenvalue weighted by molar-refractivity contribution is 0.576. The van der Waals surface area contributed by atoms with Crippen molar-refractivity contribution in [2.45, 2.75) is 32.9 Å². The van der Waals surface area contributed by atoms with Gasteiger partial charge in [-0.2, -0.15) is 0 Å². The van der Waals surface area contributed by atoms with Crippen molar-refractivity contribution in [2.24, 2.45) is 12.0 Å². The van der Waals surface area contributed by atoms with E-state index in [1.54, 1.807) is 4.90 Å². The zero-order chi connectivity index (χ0) is 19.4. The Kier molecular flexibility index (Phi) is 7.96. The van der Waals surface area contributed by atoms with Crippen LogP contribution in [0.25, 0.3) is 0 Å². The van der Waals surface area contributed by atoms with Crippen LogP contribution in [0.2, 0.25) is 0 Å². The van der Waals surface area contributed by atoms with E-state index in [0.29, 0.717) is 32.1 Å². The minimum atomic E-state index is -0.533. The van der Waals surface area contributed by atoms with Crippen molar-refractivity contribution in [3.8, 4) is 0 Å². The standard InChI is InChI=1S/C18H25F2N7.HI/c1-4-21-18(22-10-16-25-24-12(2)26(16)3)23-13-8-9-27(11-13)17-14(19)6-5-7-15(17)20;/h5-7,13H,4,8-11H2,1-3H3,(H2,21,22,23);1H. The molecule has 1 aromatic carbocycles. The molecule has 3 rings (SSSR count). The van der Waals surface area contributed by atoms with Crippen LogP contribution >= 0.6 is 24.0 Å². The molecule has 1 atom stereocenters. The molecule has 154 valence electrons. The maximum atomic E-state index is 14.0. The number of hydrogen-bond acceptors (Lipinski definition) is 4. The summed E-state index contributed by atoms with van der Waals surface area (Å²) >= 11 is 0. The number of rotatable bonds is 5. The Labute approximate surface area is 180 Å². The first kappa shape index (κ1) is 22.3. The van der Waals surface area contributed by atoms with Gasteiger partial charge >= 0.3 is 0 Å². The van der Waals surface area contributed by atoms with E-state index in [0.717, 1.165) is 18.1 Å². The second kappa shape index (κ2) is 9.99. The van der Waals surface area contributed by atoms with Crippen molar-refractivity contribution in [3.63, 3.8) is 0 Å². The highest BCUT2D eigenvalue weighted by Crippen LogP contribution is 2.26. The highest BCUT2D eigenvalue weighted by molar-refractivity contribution is 14.0. The Bertz CT molecular complexity index is 804. The zero-order valence-electron chi connectivity index (χ0n) is 16.2. The number of halogens is 3. The predicted molar refractivity (Wildman–Crippen MR) is 116 cm³/mol. The third-order valence-corrected chi connectivity index (χ3v) is 4.69. The molecule has 1 aromatic heterocycles. The molecule has 0 saturated carbocycles. The van der Waals surface area contributed by atoms with Crippen molar-refractivity contribution in [1.29, 1.82) is 0 Å². The zero-order valence-corrected chi connectivity index (χ0v) is 18.6. The minimum Gasteiger partial charge on any atom is -0.365 e. The Hall–Kier alpha value is -1.98. The molecule has 2 heterocycles. The lowest BCUT2D eigenvalue weighted by Gasteiger charge is -2.21. The lowest BCUT2D eigenvalue weighted by Crippen LogP contribution is -2.44. The molecule has 0 bridgehead atoms. The molecule has 1 fully saturated rings. The number of aromatic nitrogens is 3. The van der Waals surface area contributed by atoms with Crippen molar-refractivity contribution >= 4 is 35.6 Å². The van der Waals surface area contributed by atoms with Gasteiger partial charge in [0.05, 0.1) is 0 Å². The smallest absolute Gasteiger partial charge is 0.191 e. The lowest BCUT2D eigenvalue weighted by atomic mass is 10.2. The molecule has 10 heteroatoms. The number of anilines is 1. The van der Waals surface area contributed by atoms with E-state index in [1.165, 1.54) is 18.2 Å². The number of aryl methyl sites for hydroxylation is 1. The third-order valence-electron chi connectivity index (χ3n) is 4.69. The molecular weight excluding hydrogens is 479 g/mol. The Morgan fingerprint density at radius 1 is 1.29 bits per heavy atom. The highest BCUT2D eigenvalue weighted by atomic mass is 127. The summed E-state index contributed by atoms with van der Waals surface area (Å²) in [5, 5.41) is 14.7. The number of nitrogens with one attached hydrogen (secondary N) is 2. The molecule has 7 nitrogen and oxygen atoms in total. The second-order valence-corrected chi connectivity index (χ2v) is 6.56. The molecule has 2 N–H and O–H groups in total. The molecule has 28 heavy (non-hydrogen) atoms. The average molecular weight is 505 g/mol. The van der Waals surface area contributed by atoms with Gasteiger partial charge in [0.15, 0.2) is 11.8 Å². The van der Waals surface area contributed by atoms with Gasteiger partial charge in [0.25, 0.3) is 0 Å². The van der Waals surface area contributed by atoms with Crippen LogP contribution in [0.1, 0.15) is 25.0 Å². The van der Waals surface area contributed by atoms with Crippen LogP contribution in [0.5, 0.6) is 0 Å². The fourth-order valence-electron chi connectivity index (χ4n) is 3.12. The van der Waals surface area contributed by atoms with Crippen LogP contribution < -0.4 is 15.5 Å². The van der Waals surface area contributed by atoms with E-state index in [2.05, 4.69) is 25.8 Å². The van der Waals surface area contributed by atoms with Crippen LogP contribution in [-0.4, -0.2) is 46.4 Å². The topological polar surface area (TPSA) is 70.4 Å². The molecule has 1 saturated heterocycles. The first-order chi connectivity index (χ1) is 13.0. The van der Waals surface area contributed by atoms with Crippen molar-refractivity contribution in [3.05, 3.63) is 41.5 Å². The number of aliphatic imine (C=N–C) groups is 1. The van der Waals surface area contributed by atoms with Crippen LogP contribution in [0, 0.1) is 18.6 Å². The monoisotopic (exact) mass is 505 g/mol. The van der Waals surface area contributed by atoms with Crippen molar-refractivity contribution in [1.82, 2.24) is 25.4 Å². The molecular formula is C18H26F2IN7. The number of hydrogen-bond donors (Lipinski definition) is 2. The van der Waals surface area contributed by atoms with Crippen molar-refractivity contribution < 1.29 is 8.78 Å². The molecule has 0 aliphatic carbocycles. The van der Waals surface area contributed by atoms with Crippen LogP contribution in [-0.2, 0) is 13.6 Å². The normalized spacial score (nSPS) is 16.8. The number of guanidine groups is 1. The summed E-state index contributed by atoms with van der Waals surface area (Å²) < 4.78 is 29.9. The van der Waals surface area contributed by atoms with Crippen LogP contribution in [0.3, 0.4) is 0 Å². The maximum absolute atomic E-state index is 14.0. The fraction of sp³-hybridized carbons (Fsp3) is 0.500. The Balaban J connectivity index is 0.00000280. The summed E-state index contributed by atoms with van der Waals surface area (Å²) in [6.45, 7) is 6.06. The first-order valence-corrected chi connectivity index (χ1v) is 9.08. The molecule has 0 amide bonds. The predicted octanol–water partition coefficient (Wildman–Crippen LogP) is 2.35. The van der Waals surface area contributed by atoms with E-state index < -0.39 is 11.6 Å². The third kappa shape index (κ3) is 5.09. The Morgan fingerprint density at radius 3 is 2.61 bits per heavy atom. The molecule has 2 aromatic rings. The van der Waals surface area contributed by atoms with Gasteiger partial charge in [0.1, 0.15) is 29.7 Å². The van der Waals surface area contributed by atoms with Gasteiger partial charge in [-0.1, -0.05) is 6.07 Å². The van der Waals surface area contributed by atoms with Gasteiger partial charge in [0, 0.05) is 32.7 Å². The average Bonchev–Trinajstić information content (AvgIpc) is 3.21. The largest absolute Gasteiger partial charge is 0.365 e. The quantitative estimate of drug-likeness (QED) is 0.371. The van der Waals surface area contributed by atoms with Gasteiger partial charge in [-0.3, -0.25) is 0 Å². The summed E-state index contributed by atoms with van der Waals surface area (Å²) in [7, 11) is 1.90. The van der Waals surface area contributed by atoms with E-state index >= 15 is 0 Å². The van der Waals surface area contributed by atoms with E-state index in [1.807, 2.05) is 25.5 Å².